The van der Waals surface area contributed by atoms with Gasteiger partial charge in [0.05, 0.1) is 0 Å². The zero-order valence-electron chi connectivity index (χ0n) is 6.94. The number of rotatable bonds is 0. The second kappa shape index (κ2) is 3.10. The van der Waals surface area contributed by atoms with E-state index in [-0.39, 0.29) is 5.92 Å². The van der Waals surface area contributed by atoms with Gasteiger partial charge in [-0.25, -0.2) is 0 Å². The quantitative estimate of drug-likeness (QED) is 0.497. The molecule has 2 aliphatic carbocycles. The van der Waals surface area contributed by atoms with Crippen molar-refractivity contribution >= 4 is 5.78 Å². The van der Waals surface area contributed by atoms with Gasteiger partial charge in [0.15, 0.2) is 0 Å². The van der Waals surface area contributed by atoms with E-state index >= 15 is 0 Å². The second-order valence-electron chi connectivity index (χ2n) is 3.31. The van der Waals surface area contributed by atoms with Crippen molar-refractivity contribution in [3.8, 4) is 0 Å². The number of carbonyl (C=O) groups excluding carboxylic acids is 1. The molecule has 0 aromatic carbocycles. The zero-order valence-corrected chi connectivity index (χ0v) is 6.94. The average Bonchev–Trinajstić information content (AvgIpc) is 2.29. The Labute approximate surface area is 72.5 Å². The largest absolute Gasteiger partial charge is 0.299 e. The average molecular weight is 160 g/mol. The lowest BCUT2D eigenvalue weighted by Crippen LogP contribution is -2.19. The van der Waals surface area contributed by atoms with E-state index in [0.29, 0.717) is 18.1 Å². The number of Topliss-reactive ketones (excluding diaryl/α,β-unsaturated/α-hetero) is 1. The molecule has 0 aromatic heterocycles. The van der Waals surface area contributed by atoms with Gasteiger partial charge in [0, 0.05) is 18.3 Å². The lowest BCUT2D eigenvalue weighted by atomic mass is 9.85. The molecule has 0 aliphatic heterocycles. The van der Waals surface area contributed by atoms with E-state index in [0.717, 1.165) is 6.42 Å². The molecule has 0 N–H and O–H groups in total. The first kappa shape index (κ1) is 7.53. The summed E-state index contributed by atoms with van der Waals surface area (Å²) in [5.41, 5.74) is 0. The molecule has 0 fully saturated rings. The van der Waals surface area contributed by atoms with Crippen LogP contribution in [0.4, 0.5) is 0 Å². The normalized spacial score (nSPS) is 33.2. The molecule has 12 heavy (non-hydrogen) atoms. The van der Waals surface area contributed by atoms with Crippen LogP contribution >= 0.6 is 0 Å². The number of ketones is 1. The maximum absolute atomic E-state index is 11.5. The van der Waals surface area contributed by atoms with Crippen molar-refractivity contribution in [2.75, 3.05) is 0 Å². The predicted octanol–water partition coefficient (Wildman–Crippen LogP) is 2.26. The third-order valence-corrected chi connectivity index (χ3v) is 2.47. The number of carbonyl (C=O) groups is 1. The SMILES string of the molecule is O=C1CCC=CC2C=CC=CC12. The third-order valence-electron chi connectivity index (χ3n) is 2.47. The Bertz CT molecular complexity index is 271. The number of allylic oxidation sites excluding steroid dienone is 6. The molecule has 2 unspecified atom stereocenters. The van der Waals surface area contributed by atoms with Crippen molar-refractivity contribution in [2.45, 2.75) is 12.8 Å². The summed E-state index contributed by atoms with van der Waals surface area (Å²) in [6.07, 6.45) is 14.0. The number of hydrogen-bond donors (Lipinski definition) is 0. The maximum Gasteiger partial charge on any atom is 0.140 e. The molecule has 0 spiro atoms. The molecule has 0 amide bonds. The molecule has 2 aliphatic rings. The molecular weight excluding hydrogens is 148 g/mol. The molecule has 0 aromatic rings. The number of hydrogen-bond acceptors (Lipinski definition) is 1. The summed E-state index contributed by atoms with van der Waals surface area (Å²) >= 11 is 0. The van der Waals surface area contributed by atoms with Gasteiger partial charge in [0.2, 0.25) is 0 Å². The fourth-order valence-corrected chi connectivity index (χ4v) is 1.78. The molecule has 2 rings (SSSR count). The molecule has 1 nitrogen and oxygen atoms in total. The van der Waals surface area contributed by atoms with Crippen LogP contribution in [0.25, 0.3) is 0 Å². The Balaban J connectivity index is 2.27. The summed E-state index contributed by atoms with van der Waals surface area (Å²) < 4.78 is 0. The summed E-state index contributed by atoms with van der Waals surface area (Å²) in [5, 5.41) is 0. The highest BCUT2D eigenvalue weighted by atomic mass is 16.1. The zero-order chi connectivity index (χ0) is 8.39. The van der Waals surface area contributed by atoms with Crippen LogP contribution in [0, 0.1) is 11.8 Å². The van der Waals surface area contributed by atoms with Gasteiger partial charge in [-0.15, -0.1) is 0 Å². The first-order valence-electron chi connectivity index (χ1n) is 4.42. The summed E-state index contributed by atoms with van der Waals surface area (Å²) in [6, 6.07) is 0. The molecular formula is C11H12O. The predicted molar refractivity (Wildman–Crippen MR) is 48.6 cm³/mol. The van der Waals surface area contributed by atoms with Crippen molar-refractivity contribution in [3.05, 3.63) is 36.5 Å². The standard InChI is InChI=1S/C11H12O/c12-11-8-4-2-6-9-5-1-3-7-10(9)11/h1-3,5-7,9-10H,4,8H2. The monoisotopic (exact) mass is 160 g/mol. The lowest BCUT2D eigenvalue weighted by Gasteiger charge is -2.17. The van der Waals surface area contributed by atoms with E-state index in [4.69, 9.17) is 0 Å². The lowest BCUT2D eigenvalue weighted by molar-refractivity contribution is -0.121. The van der Waals surface area contributed by atoms with E-state index < -0.39 is 0 Å². The Morgan fingerprint density at radius 3 is 2.92 bits per heavy atom. The Morgan fingerprint density at radius 1 is 1.17 bits per heavy atom. The molecule has 0 bridgehead atoms. The van der Waals surface area contributed by atoms with Gasteiger partial charge in [-0.3, -0.25) is 4.79 Å². The summed E-state index contributed by atoms with van der Waals surface area (Å²) in [7, 11) is 0. The molecule has 1 heteroatoms. The molecule has 62 valence electrons. The van der Waals surface area contributed by atoms with Crippen molar-refractivity contribution in [2.24, 2.45) is 11.8 Å². The van der Waals surface area contributed by atoms with Crippen molar-refractivity contribution < 1.29 is 4.79 Å². The van der Waals surface area contributed by atoms with Crippen LogP contribution in [0.3, 0.4) is 0 Å². The van der Waals surface area contributed by atoms with Crippen LogP contribution in [0.15, 0.2) is 36.5 Å². The maximum atomic E-state index is 11.5. The third kappa shape index (κ3) is 1.27. The van der Waals surface area contributed by atoms with Crippen LogP contribution in [0.2, 0.25) is 0 Å². The summed E-state index contributed by atoms with van der Waals surface area (Å²) in [5.74, 6) is 0.823. The molecule has 0 heterocycles. The van der Waals surface area contributed by atoms with Crippen LogP contribution in [-0.2, 0) is 4.79 Å². The Hall–Kier alpha value is -1.11. The first-order valence-corrected chi connectivity index (χ1v) is 4.42. The molecule has 0 radical (unpaired) electrons. The first-order chi connectivity index (χ1) is 5.88. The highest BCUT2D eigenvalue weighted by molar-refractivity contribution is 5.84. The van der Waals surface area contributed by atoms with E-state index in [1.807, 2.05) is 18.2 Å². The number of fused-ring (bicyclic) bond motifs is 1. The fraction of sp³-hybridized carbons (Fsp3) is 0.364. The van der Waals surface area contributed by atoms with Crippen LogP contribution in [0.1, 0.15) is 12.8 Å². The minimum Gasteiger partial charge on any atom is -0.299 e. The topological polar surface area (TPSA) is 17.1 Å². The van der Waals surface area contributed by atoms with Crippen LogP contribution in [0.5, 0.6) is 0 Å². The van der Waals surface area contributed by atoms with E-state index in [9.17, 15) is 4.79 Å². The van der Waals surface area contributed by atoms with E-state index in [2.05, 4.69) is 18.2 Å². The van der Waals surface area contributed by atoms with Crippen molar-refractivity contribution in [1.29, 1.82) is 0 Å². The fourth-order valence-electron chi connectivity index (χ4n) is 1.78. The highest BCUT2D eigenvalue weighted by Crippen LogP contribution is 2.26. The Morgan fingerprint density at radius 2 is 2.00 bits per heavy atom. The minimum absolute atomic E-state index is 0.119. The van der Waals surface area contributed by atoms with Crippen molar-refractivity contribution in [1.82, 2.24) is 0 Å². The smallest absolute Gasteiger partial charge is 0.140 e. The van der Waals surface area contributed by atoms with Gasteiger partial charge in [-0.05, 0) is 6.42 Å². The summed E-state index contributed by atoms with van der Waals surface area (Å²) in [4.78, 5) is 11.5. The second-order valence-corrected chi connectivity index (χ2v) is 3.31. The Kier molecular flexibility index (Phi) is 1.94. The van der Waals surface area contributed by atoms with Crippen LogP contribution in [-0.4, -0.2) is 5.78 Å². The molecule has 2 atom stereocenters. The van der Waals surface area contributed by atoms with Gasteiger partial charge < -0.3 is 0 Å². The van der Waals surface area contributed by atoms with Crippen LogP contribution < -0.4 is 0 Å². The minimum atomic E-state index is 0.119. The molecule has 0 saturated heterocycles. The van der Waals surface area contributed by atoms with Gasteiger partial charge >= 0.3 is 0 Å². The van der Waals surface area contributed by atoms with E-state index in [1.54, 1.807) is 0 Å². The van der Waals surface area contributed by atoms with Gasteiger partial charge in [0.1, 0.15) is 5.78 Å². The van der Waals surface area contributed by atoms with E-state index in [1.165, 1.54) is 0 Å². The van der Waals surface area contributed by atoms with Crippen molar-refractivity contribution in [3.63, 3.8) is 0 Å². The van der Waals surface area contributed by atoms with Gasteiger partial charge in [-0.1, -0.05) is 36.5 Å². The highest BCUT2D eigenvalue weighted by Gasteiger charge is 2.24. The van der Waals surface area contributed by atoms with Gasteiger partial charge in [-0.2, -0.15) is 0 Å². The van der Waals surface area contributed by atoms with Gasteiger partial charge in [0.25, 0.3) is 0 Å². The molecule has 0 saturated carbocycles. The summed E-state index contributed by atoms with van der Waals surface area (Å²) in [6.45, 7) is 0.